The van der Waals surface area contributed by atoms with E-state index in [0.29, 0.717) is 6.54 Å². The van der Waals surface area contributed by atoms with E-state index in [1.165, 1.54) is 0 Å². The number of amides is 2. The number of rotatable bonds is 3. The number of para-hydroxylation sites is 1. The number of carbonyl (C=O) groups is 1. The summed E-state index contributed by atoms with van der Waals surface area (Å²) >= 11 is 0. The van der Waals surface area contributed by atoms with E-state index in [4.69, 9.17) is 0 Å². The van der Waals surface area contributed by atoms with Crippen molar-refractivity contribution in [1.29, 1.82) is 0 Å². The van der Waals surface area contributed by atoms with Gasteiger partial charge >= 0.3 is 6.03 Å². The van der Waals surface area contributed by atoms with Crippen LogP contribution in [0.15, 0.2) is 61.1 Å². The van der Waals surface area contributed by atoms with E-state index in [1.54, 1.807) is 12.4 Å². The molecular formula is C20H21N5O. The summed E-state index contributed by atoms with van der Waals surface area (Å²) < 4.78 is 2.24. The van der Waals surface area contributed by atoms with Crippen molar-refractivity contribution in [3.8, 4) is 11.4 Å². The van der Waals surface area contributed by atoms with E-state index >= 15 is 0 Å². The lowest BCUT2D eigenvalue weighted by Gasteiger charge is -2.20. The molecule has 0 saturated carbocycles. The zero-order valence-electron chi connectivity index (χ0n) is 14.7. The highest BCUT2D eigenvalue weighted by Crippen LogP contribution is 2.29. The fourth-order valence-corrected chi connectivity index (χ4v) is 3.48. The second kappa shape index (κ2) is 7.00. The minimum absolute atomic E-state index is 0.0538. The van der Waals surface area contributed by atoms with Crippen molar-refractivity contribution in [3.63, 3.8) is 0 Å². The lowest BCUT2D eigenvalue weighted by Crippen LogP contribution is -2.33. The first-order chi connectivity index (χ1) is 12.7. The number of pyridine rings is 1. The standard InChI is InChI=1S/C20H21N5O/c1-15-13-22-19(16-7-10-21-11-8-16)25(15)18-9-12-24(14-18)20(26)23-17-5-3-2-4-6-17/h2-8,10-11,13,18H,9,12,14H2,1H3,(H,23,26). The predicted molar refractivity (Wildman–Crippen MR) is 101 cm³/mol. The summed E-state index contributed by atoms with van der Waals surface area (Å²) in [6.07, 6.45) is 6.36. The Balaban J connectivity index is 1.51. The van der Waals surface area contributed by atoms with Gasteiger partial charge in [0, 0.05) is 48.6 Å². The minimum atomic E-state index is -0.0538. The molecule has 0 spiro atoms. The molecule has 1 saturated heterocycles. The van der Waals surface area contributed by atoms with Gasteiger partial charge in [-0.2, -0.15) is 0 Å². The molecule has 1 unspecified atom stereocenters. The highest BCUT2D eigenvalue weighted by Gasteiger charge is 2.29. The molecule has 2 amide bonds. The maximum atomic E-state index is 12.6. The van der Waals surface area contributed by atoms with E-state index in [9.17, 15) is 4.79 Å². The Bertz CT molecular complexity index is 891. The monoisotopic (exact) mass is 347 g/mol. The van der Waals surface area contributed by atoms with Gasteiger partial charge in [0.15, 0.2) is 0 Å². The van der Waals surface area contributed by atoms with Crippen LogP contribution in [0.2, 0.25) is 0 Å². The molecule has 0 bridgehead atoms. The number of nitrogens with zero attached hydrogens (tertiary/aromatic N) is 4. The Hall–Kier alpha value is -3.15. The Morgan fingerprint density at radius 3 is 2.69 bits per heavy atom. The Labute approximate surface area is 152 Å². The molecule has 6 heteroatoms. The molecule has 1 aromatic carbocycles. The molecule has 0 aliphatic carbocycles. The lowest BCUT2D eigenvalue weighted by atomic mass is 10.2. The largest absolute Gasteiger partial charge is 0.323 e. The molecule has 6 nitrogen and oxygen atoms in total. The van der Waals surface area contributed by atoms with E-state index in [-0.39, 0.29) is 12.1 Å². The topological polar surface area (TPSA) is 63.1 Å². The van der Waals surface area contributed by atoms with E-state index in [0.717, 1.165) is 35.7 Å². The second-order valence-corrected chi connectivity index (χ2v) is 6.51. The van der Waals surface area contributed by atoms with Crippen LogP contribution in [0.3, 0.4) is 0 Å². The minimum Gasteiger partial charge on any atom is -0.323 e. The number of aromatic nitrogens is 3. The number of urea groups is 1. The van der Waals surface area contributed by atoms with Gasteiger partial charge in [0.05, 0.1) is 6.04 Å². The summed E-state index contributed by atoms with van der Waals surface area (Å²) in [7, 11) is 0. The third kappa shape index (κ3) is 3.18. The number of imidazole rings is 1. The van der Waals surface area contributed by atoms with Crippen LogP contribution in [-0.2, 0) is 0 Å². The van der Waals surface area contributed by atoms with Crippen molar-refractivity contribution in [3.05, 3.63) is 66.7 Å². The fraction of sp³-hybridized carbons (Fsp3) is 0.250. The predicted octanol–water partition coefficient (Wildman–Crippen LogP) is 3.73. The van der Waals surface area contributed by atoms with Crippen LogP contribution in [0.5, 0.6) is 0 Å². The highest BCUT2D eigenvalue weighted by atomic mass is 16.2. The van der Waals surface area contributed by atoms with E-state index in [1.807, 2.05) is 53.6 Å². The summed E-state index contributed by atoms with van der Waals surface area (Å²) in [6, 6.07) is 13.7. The number of hydrogen-bond acceptors (Lipinski definition) is 3. The number of anilines is 1. The zero-order chi connectivity index (χ0) is 17.9. The number of likely N-dealkylation sites (tertiary alicyclic amines) is 1. The van der Waals surface area contributed by atoms with Gasteiger partial charge in [0.1, 0.15) is 5.82 Å². The van der Waals surface area contributed by atoms with Crippen LogP contribution in [0.4, 0.5) is 10.5 Å². The normalized spacial score (nSPS) is 16.7. The number of nitrogens with one attached hydrogen (secondary N) is 1. The lowest BCUT2D eigenvalue weighted by molar-refractivity contribution is 0.221. The quantitative estimate of drug-likeness (QED) is 0.785. The first-order valence-electron chi connectivity index (χ1n) is 8.77. The Morgan fingerprint density at radius 2 is 1.92 bits per heavy atom. The van der Waals surface area contributed by atoms with Gasteiger partial charge in [-0.15, -0.1) is 0 Å². The SMILES string of the molecule is Cc1cnc(-c2ccncc2)n1C1CCN(C(=O)Nc2ccccc2)C1. The molecule has 3 heterocycles. The van der Waals surface area contributed by atoms with Crippen LogP contribution in [0.25, 0.3) is 11.4 Å². The highest BCUT2D eigenvalue weighted by molar-refractivity contribution is 5.89. The number of hydrogen-bond donors (Lipinski definition) is 1. The summed E-state index contributed by atoms with van der Waals surface area (Å²) in [4.78, 5) is 23.1. The second-order valence-electron chi connectivity index (χ2n) is 6.51. The zero-order valence-corrected chi connectivity index (χ0v) is 14.7. The summed E-state index contributed by atoms with van der Waals surface area (Å²) in [6.45, 7) is 3.47. The average Bonchev–Trinajstić information content (AvgIpc) is 3.30. The van der Waals surface area contributed by atoms with Gasteiger partial charge in [0.25, 0.3) is 0 Å². The molecule has 1 N–H and O–H groups in total. The number of aryl methyl sites for hydroxylation is 1. The van der Waals surface area contributed by atoms with Gasteiger partial charge in [0.2, 0.25) is 0 Å². The van der Waals surface area contributed by atoms with Gasteiger partial charge in [-0.05, 0) is 37.6 Å². The third-order valence-corrected chi connectivity index (χ3v) is 4.76. The molecule has 1 fully saturated rings. The smallest absolute Gasteiger partial charge is 0.321 e. The van der Waals surface area contributed by atoms with Gasteiger partial charge < -0.3 is 14.8 Å². The molecule has 1 aliphatic heterocycles. The molecule has 0 radical (unpaired) electrons. The molecular weight excluding hydrogens is 326 g/mol. The van der Waals surface area contributed by atoms with Crippen molar-refractivity contribution in [2.24, 2.45) is 0 Å². The van der Waals surface area contributed by atoms with E-state index in [2.05, 4.69) is 26.8 Å². The number of benzene rings is 1. The van der Waals surface area contributed by atoms with Crippen LogP contribution in [0, 0.1) is 6.92 Å². The maximum absolute atomic E-state index is 12.6. The Morgan fingerprint density at radius 1 is 1.15 bits per heavy atom. The van der Waals surface area contributed by atoms with Crippen LogP contribution in [0.1, 0.15) is 18.2 Å². The van der Waals surface area contributed by atoms with Crippen molar-refractivity contribution < 1.29 is 4.79 Å². The first kappa shape index (κ1) is 16.3. The average molecular weight is 347 g/mol. The first-order valence-corrected chi connectivity index (χ1v) is 8.77. The molecule has 26 heavy (non-hydrogen) atoms. The van der Waals surface area contributed by atoms with Gasteiger partial charge in [-0.1, -0.05) is 18.2 Å². The van der Waals surface area contributed by atoms with E-state index < -0.39 is 0 Å². The van der Waals surface area contributed by atoms with Crippen LogP contribution < -0.4 is 5.32 Å². The molecule has 4 rings (SSSR count). The fourth-order valence-electron chi connectivity index (χ4n) is 3.48. The van der Waals surface area contributed by atoms with Crippen molar-refractivity contribution in [2.75, 3.05) is 18.4 Å². The number of carbonyl (C=O) groups excluding carboxylic acids is 1. The van der Waals surface area contributed by atoms with Gasteiger partial charge in [-0.3, -0.25) is 4.98 Å². The summed E-state index contributed by atoms with van der Waals surface area (Å²) in [5.74, 6) is 0.931. The molecule has 132 valence electrons. The maximum Gasteiger partial charge on any atom is 0.321 e. The summed E-state index contributed by atoms with van der Waals surface area (Å²) in [5.41, 5.74) is 2.96. The van der Waals surface area contributed by atoms with Crippen molar-refractivity contribution in [1.82, 2.24) is 19.4 Å². The molecule has 1 atom stereocenters. The van der Waals surface area contributed by atoms with Crippen LogP contribution >= 0.6 is 0 Å². The molecule has 2 aromatic heterocycles. The van der Waals surface area contributed by atoms with Crippen molar-refractivity contribution >= 4 is 11.7 Å². The summed E-state index contributed by atoms with van der Waals surface area (Å²) in [5, 5.41) is 2.96. The Kier molecular flexibility index (Phi) is 4.39. The van der Waals surface area contributed by atoms with Gasteiger partial charge in [-0.25, -0.2) is 9.78 Å². The third-order valence-electron chi connectivity index (χ3n) is 4.76. The molecule has 3 aromatic rings. The molecule has 1 aliphatic rings. The van der Waals surface area contributed by atoms with Crippen LogP contribution in [-0.4, -0.2) is 38.6 Å². The van der Waals surface area contributed by atoms with Crippen molar-refractivity contribution in [2.45, 2.75) is 19.4 Å².